The molecule has 0 unspecified atom stereocenters. The predicted octanol–water partition coefficient (Wildman–Crippen LogP) is 8.22. The first kappa shape index (κ1) is 51.9. The van der Waals surface area contributed by atoms with E-state index in [0.717, 1.165) is 70.6 Å². The molecule has 56 heavy (non-hydrogen) atoms. The summed E-state index contributed by atoms with van der Waals surface area (Å²) in [6.45, 7) is 3.62. The van der Waals surface area contributed by atoms with Gasteiger partial charge in [0.15, 0.2) is 12.4 Å². The van der Waals surface area contributed by atoms with Gasteiger partial charge >= 0.3 is 11.9 Å². The third kappa shape index (κ3) is 28.3. The first-order chi connectivity index (χ1) is 27.0. The summed E-state index contributed by atoms with van der Waals surface area (Å²) in [6, 6.07) is 0. The van der Waals surface area contributed by atoms with E-state index in [9.17, 15) is 37.9 Å². The van der Waals surface area contributed by atoms with Crippen molar-refractivity contribution in [2.75, 3.05) is 19.0 Å². The molecule has 326 valence electrons. The van der Waals surface area contributed by atoms with Gasteiger partial charge in [0.1, 0.15) is 36.8 Å². The molecule has 4 N–H and O–H groups in total. The second kappa shape index (κ2) is 33.8. The Kier molecular flexibility index (Phi) is 31.3. The van der Waals surface area contributed by atoms with E-state index in [4.69, 9.17) is 18.9 Å². The molecule has 1 aliphatic heterocycles. The second-order valence-corrected chi connectivity index (χ2v) is 16.5. The van der Waals surface area contributed by atoms with Crippen LogP contribution in [0, 0.1) is 0 Å². The Morgan fingerprint density at radius 3 is 1.68 bits per heavy atom. The lowest BCUT2D eigenvalue weighted by Gasteiger charge is -2.40. The fourth-order valence-electron chi connectivity index (χ4n) is 6.40. The van der Waals surface area contributed by atoms with Crippen molar-refractivity contribution < 1.29 is 56.8 Å². The van der Waals surface area contributed by atoms with Crippen LogP contribution in [0.4, 0.5) is 0 Å². The molecule has 12 nitrogen and oxygen atoms in total. The lowest BCUT2D eigenvalue weighted by atomic mass is 10.00. The molecule has 0 bridgehead atoms. The highest BCUT2D eigenvalue weighted by atomic mass is 32.2. The van der Waals surface area contributed by atoms with Crippen molar-refractivity contribution in [3.05, 3.63) is 36.5 Å². The van der Waals surface area contributed by atoms with Gasteiger partial charge in [-0.3, -0.25) is 14.1 Å². The van der Waals surface area contributed by atoms with Crippen LogP contribution in [0.15, 0.2) is 36.5 Å². The maximum absolute atomic E-state index is 12.8. The lowest BCUT2D eigenvalue weighted by molar-refractivity contribution is -0.297. The van der Waals surface area contributed by atoms with Crippen molar-refractivity contribution in [1.29, 1.82) is 0 Å². The van der Waals surface area contributed by atoms with E-state index in [2.05, 4.69) is 50.3 Å². The zero-order valence-corrected chi connectivity index (χ0v) is 35.3. The highest BCUT2D eigenvalue weighted by Crippen LogP contribution is 2.24. The molecular weight excluding hydrogens is 741 g/mol. The number of carbonyl (C=O) groups is 2. The molecule has 1 aliphatic rings. The van der Waals surface area contributed by atoms with Crippen LogP contribution in [0.3, 0.4) is 0 Å². The molecule has 0 saturated carbocycles. The van der Waals surface area contributed by atoms with Gasteiger partial charge in [-0.05, 0) is 44.9 Å². The van der Waals surface area contributed by atoms with E-state index in [1.54, 1.807) is 0 Å². The van der Waals surface area contributed by atoms with Crippen molar-refractivity contribution in [2.24, 2.45) is 0 Å². The summed E-state index contributed by atoms with van der Waals surface area (Å²) in [5, 5.41) is 30.8. The fraction of sp³-hybridized carbons (Fsp3) is 0.814. The minimum Gasteiger partial charge on any atom is -0.462 e. The number of hydrogen-bond acceptors (Lipinski definition) is 11. The Morgan fingerprint density at radius 1 is 0.625 bits per heavy atom. The van der Waals surface area contributed by atoms with Crippen LogP contribution >= 0.6 is 0 Å². The normalized spacial score (nSPS) is 21.0. The molecule has 0 amide bonds. The molecule has 13 heteroatoms. The van der Waals surface area contributed by atoms with Crippen LogP contribution in [0.2, 0.25) is 0 Å². The Hall–Kier alpha value is -2.13. The molecule has 1 fully saturated rings. The minimum absolute atomic E-state index is 0.163. The van der Waals surface area contributed by atoms with Crippen LogP contribution in [-0.2, 0) is 38.7 Å². The molecule has 0 aliphatic carbocycles. The van der Waals surface area contributed by atoms with Crippen molar-refractivity contribution in [2.45, 2.75) is 205 Å². The Bertz CT molecular complexity index is 1190. The maximum atomic E-state index is 12.8. The van der Waals surface area contributed by atoms with Crippen LogP contribution in [0.5, 0.6) is 0 Å². The van der Waals surface area contributed by atoms with E-state index >= 15 is 0 Å². The van der Waals surface area contributed by atoms with Crippen LogP contribution in [0.25, 0.3) is 0 Å². The van der Waals surface area contributed by atoms with Crippen LogP contribution in [-0.4, -0.2) is 96.0 Å². The summed E-state index contributed by atoms with van der Waals surface area (Å²) >= 11 is 0. The zero-order valence-electron chi connectivity index (χ0n) is 34.5. The number of carbonyl (C=O) groups excluding carboxylic acids is 2. The van der Waals surface area contributed by atoms with E-state index in [1.807, 2.05) is 0 Å². The largest absolute Gasteiger partial charge is 0.462 e. The number of esters is 2. The third-order valence-electron chi connectivity index (χ3n) is 9.73. The molecule has 1 heterocycles. The minimum atomic E-state index is -4.60. The fourth-order valence-corrected chi connectivity index (χ4v) is 7.09. The molecule has 0 aromatic rings. The van der Waals surface area contributed by atoms with Gasteiger partial charge in [0.2, 0.25) is 0 Å². The number of aliphatic hydroxyl groups excluding tert-OH is 3. The quantitative estimate of drug-likeness (QED) is 0.0208. The summed E-state index contributed by atoms with van der Waals surface area (Å²) < 4.78 is 54.0. The van der Waals surface area contributed by atoms with Gasteiger partial charge in [-0.25, -0.2) is 0 Å². The Labute approximate surface area is 338 Å². The number of unbranched alkanes of at least 4 members (excludes halogenated alkanes) is 17. The smallest absolute Gasteiger partial charge is 0.306 e. The van der Waals surface area contributed by atoms with E-state index in [-0.39, 0.29) is 19.4 Å². The molecule has 1 rings (SSSR count). The molecular formula is C43H76O12S. The topological polar surface area (TPSA) is 186 Å². The molecule has 6 atom stereocenters. The molecule has 0 spiro atoms. The van der Waals surface area contributed by atoms with Crippen LogP contribution in [0.1, 0.15) is 168 Å². The first-order valence-corrected chi connectivity index (χ1v) is 23.2. The van der Waals surface area contributed by atoms with Gasteiger partial charge in [0.25, 0.3) is 10.1 Å². The third-order valence-corrected chi connectivity index (χ3v) is 10.5. The van der Waals surface area contributed by atoms with E-state index in [1.165, 1.54) is 57.8 Å². The number of rotatable bonds is 35. The van der Waals surface area contributed by atoms with Crippen molar-refractivity contribution in [3.63, 3.8) is 0 Å². The van der Waals surface area contributed by atoms with Gasteiger partial charge in [0.05, 0.1) is 6.61 Å². The van der Waals surface area contributed by atoms with Crippen molar-refractivity contribution in [1.82, 2.24) is 0 Å². The second-order valence-electron chi connectivity index (χ2n) is 15.0. The molecule has 0 aromatic carbocycles. The summed E-state index contributed by atoms with van der Waals surface area (Å²) in [5.41, 5.74) is 0. The zero-order chi connectivity index (χ0) is 41.3. The molecule has 0 aromatic heterocycles. The number of allylic oxidation sites excluding steroid dienone is 6. The molecule has 0 radical (unpaired) electrons. The number of hydrogen-bond donors (Lipinski definition) is 4. The van der Waals surface area contributed by atoms with E-state index in [0.29, 0.717) is 12.8 Å². The summed E-state index contributed by atoms with van der Waals surface area (Å²) in [6.07, 6.45) is 27.6. The first-order valence-electron chi connectivity index (χ1n) is 21.5. The van der Waals surface area contributed by atoms with Gasteiger partial charge in [-0.1, -0.05) is 147 Å². The average molecular weight is 817 g/mol. The Balaban J connectivity index is 2.48. The average Bonchev–Trinajstić information content (AvgIpc) is 3.16. The Morgan fingerprint density at radius 2 is 1.12 bits per heavy atom. The number of ether oxygens (including phenoxy) is 4. The SMILES string of the molecule is CCC=CCC=CCC=CCCCCCCCC(=O)OC[C@@H](CO[C@H]1O[C@@H](CS(=O)(=O)O)[C@@H](O)[C@H](O)[C@@H]1O)OC(=O)CCCCCCCCCCCCCCC. The molecule has 1 saturated heterocycles. The summed E-state index contributed by atoms with van der Waals surface area (Å²) in [5.74, 6) is -2.00. The van der Waals surface area contributed by atoms with Crippen molar-refractivity contribution >= 4 is 22.1 Å². The van der Waals surface area contributed by atoms with Gasteiger partial charge < -0.3 is 34.3 Å². The number of aliphatic hydroxyl groups is 3. The monoisotopic (exact) mass is 817 g/mol. The maximum Gasteiger partial charge on any atom is 0.306 e. The standard InChI is InChI=1S/C43H76O12S/c1-3-5-7-9-11-13-15-17-18-20-21-23-25-27-29-31-38(44)52-33-36(34-53-43-42(48)41(47)40(46)37(55-43)35-56(49,50)51)54-39(45)32-30-28-26-24-22-19-16-14-12-10-8-6-4-2/h5,7,11,13,17-18,36-37,40-43,46-48H,3-4,6,8-10,12,14-16,19-35H2,1-2H3,(H,49,50,51)/t36-,37-,40+,41-,42-,43-/m0/s1. The predicted molar refractivity (Wildman–Crippen MR) is 219 cm³/mol. The summed E-state index contributed by atoms with van der Waals surface area (Å²) in [4.78, 5) is 25.3. The van der Waals surface area contributed by atoms with Crippen molar-refractivity contribution in [3.8, 4) is 0 Å². The van der Waals surface area contributed by atoms with E-state index < -0.39 is 71.2 Å². The van der Waals surface area contributed by atoms with Gasteiger partial charge in [0, 0.05) is 12.8 Å². The lowest BCUT2D eigenvalue weighted by Crippen LogP contribution is -2.60. The highest BCUT2D eigenvalue weighted by Gasteiger charge is 2.46. The van der Waals surface area contributed by atoms with Crippen LogP contribution < -0.4 is 0 Å². The highest BCUT2D eigenvalue weighted by molar-refractivity contribution is 7.85. The van der Waals surface area contributed by atoms with Gasteiger partial charge in [-0.2, -0.15) is 8.42 Å². The summed E-state index contributed by atoms with van der Waals surface area (Å²) in [7, 11) is -4.60. The van der Waals surface area contributed by atoms with Gasteiger partial charge in [-0.15, -0.1) is 0 Å².